The molecule has 0 aliphatic heterocycles. The first-order chi connectivity index (χ1) is 7.56. The van der Waals surface area contributed by atoms with E-state index in [4.69, 9.17) is 9.79 Å². The number of unbranched alkanes of at least 4 members (excludes halogenated alkanes) is 8. The van der Waals surface area contributed by atoms with Crippen LogP contribution in [0.15, 0.2) is 0 Å². The molecule has 0 heterocycles. The molecule has 0 saturated carbocycles. The van der Waals surface area contributed by atoms with Gasteiger partial charge >= 0.3 is 37.4 Å². The summed E-state index contributed by atoms with van der Waals surface area (Å²) in [5, 5.41) is 0. The van der Waals surface area contributed by atoms with Crippen molar-refractivity contribution in [3.05, 3.63) is 0 Å². The molecule has 0 radical (unpaired) electrons. The fourth-order valence-corrected chi connectivity index (χ4v) is 1.96. The van der Waals surface area contributed by atoms with Crippen molar-refractivity contribution < 1.29 is 18.9 Å². The first kappa shape index (κ1) is 20.4. The van der Waals surface area contributed by atoms with Crippen LogP contribution >= 0.6 is 7.82 Å². The molecule has 2 N–H and O–H groups in total. The van der Waals surface area contributed by atoms with Crippen molar-refractivity contribution in [3.8, 4) is 0 Å². The number of phosphoric acid groups is 1. The fraction of sp³-hybridized carbons (Fsp3) is 1.00. The summed E-state index contributed by atoms with van der Waals surface area (Å²) in [5.74, 6) is 0. The number of hydrogen-bond acceptors (Lipinski definition) is 2. The topological polar surface area (TPSA) is 66.8 Å². The molecule has 0 aromatic rings. The summed E-state index contributed by atoms with van der Waals surface area (Å²) >= 11 is 0. The molecule has 0 bridgehead atoms. The van der Waals surface area contributed by atoms with Crippen molar-refractivity contribution in [2.45, 2.75) is 64.7 Å². The van der Waals surface area contributed by atoms with Crippen LogP contribution in [0.1, 0.15) is 64.7 Å². The molecule has 0 saturated heterocycles. The Morgan fingerprint density at radius 3 is 1.71 bits per heavy atom. The van der Waals surface area contributed by atoms with Crippen LogP contribution in [0.25, 0.3) is 0 Å². The van der Waals surface area contributed by atoms with Crippen molar-refractivity contribution in [1.29, 1.82) is 0 Å². The fourth-order valence-electron chi connectivity index (χ4n) is 1.60. The van der Waals surface area contributed by atoms with Gasteiger partial charge in [-0.25, -0.2) is 4.57 Å². The van der Waals surface area contributed by atoms with Gasteiger partial charge in [0.25, 0.3) is 0 Å². The zero-order valence-corrected chi connectivity index (χ0v) is 11.1. The second kappa shape index (κ2) is 13.5. The van der Waals surface area contributed by atoms with Gasteiger partial charge in [0.2, 0.25) is 0 Å². The van der Waals surface area contributed by atoms with E-state index < -0.39 is 7.82 Å². The van der Waals surface area contributed by atoms with Gasteiger partial charge in [-0.2, -0.15) is 0 Å². The minimum atomic E-state index is -4.24. The molecule has 0 unspecified atom stereocenters. The number of hydrogen-bond donors (Lipinski definition) is 2. The second-order valence-electron chi connectivity index (χ2n) is 4.15. The molecule has 0 aromatic heterocycles. The van der Waals surface area contributed by atoms with E-state index in [0.717, 1.165) is 19.3 Å². The van der Waals surface area contributed by atoms with Gasteiger partial charge in [-0.15, -0.1) is 0 Å². The molecule has 4 nitrogen and oxygen atoms in total. The van der Waals surface area contributed by atoms with E-state index >= 15 is 0 Å². The Morgan fingerprint density at radius 2 is 1.29 bits per heavy atom. The van der Waals surface area contributed by atoms with Gasteiger partial charge in [0.05, 0.1) is 6.61 Å². The van der Waals surface area contributed by atoms with Crippen molar-refractivity contribution >= 4 is 37.4 Å². The van der Waals surface area contributed by atoms with Crippen LogP contribution in [0.2, 0.25) is 0 Å². The van der Waals surface area contributed by atoms with Gasteiger partial charge in [0, 0.05) is 0 Å². The Hall–Kier alpha value is 1.11. The molecule has 100 valence electrons. The molecule has 0 spiro atoms. The summed E-state index contributed by atoms with van der Waals surface area (Å²) in [6.45, 7) is 2.38. The van der Waals surface area contributed by atoms with E-state index in [2.05, 4.69) is 11.4 Å². The summed E-state index contributed by atoms with van der Waals surface area (Å²) in [7, 11) is -4.24. The van der Waals surface area contributed by atoms with E-state index in [-0.39, 0.29) is 36.2 Å². The Balaban J connectivity index is 0. The summed E-state index contributed by atoms with van der Waals surface area (Å²) in [4.78, 5) is 16.9. The third-order valence-corrected chi connectivity index (χ3v) is 3.03. The SMILES string of the molecule is CCCCCCCCCCCOP(=O)(O)O.[NaH]. The average molecular weight is 276 g/mol. The van der Waals surface area contributed by atoms with Crippen molar-refractivity contribution in [1.82, 2.24) is 0 Å². The molecule has 0 atom stereocenters. The molecule has 0 aromatic carbocycles. The maximum absolute atomic E-state index is 10.3. The quantitative estimate of drug-likeness (QED) is 0.346. The van der Waals surface area contributed by atoms with Gasteiger partial charge in [-0.05, 0) is 6.42 Å². The summed E-state index contributed by atoms with van der Waals surface area (Å²) < 4.78 is 14.7. The van der Waals surface area contributed by atoms with Crippen molar-refractivity contribution in [3.63, 3.8) is 0 Å². The van der Waals surface area contributed by atoms with Gasteiger partial charge in [-0.1, -0.05) is 58.3 Å². The monoisotopic (exact) mass is 276 g/mol. The summed E-state index contributed by atoms with van der Waals surface area (Å²) in [6.07, 6.45) is 10.6. The molecule has 17 heavy (non-hydrogen) atoms. The van der Waals surface area contributed by atoms with Crippen molar-refractivity contribution in [2.75, 3.05) is 6.61 Å². The summed E-state index contributed by atoms with van der Waals surface area (Å²) in [5.41, 5.74) is 0. The molecule has 0 fully saturated rings. The van der Waals surface area contributed by atoms with Crippen LogP contribution in [-0.4, -0.2) is 46.0 Å². The summed E-state index contributed by atoms with van der Waals surface area (Å²) in [6, 6.07) is 0. The van der Waals surface area contributed by atoms with Gasteiger partial charge in [0.15, 0.2) is 0 Å². The average Bonchev–Trinajstić information content (AvgIpc) is 2.19. The Labute approximate surface area is 127 Å². The normalized spacial score (nSPS) is 11.2. The molecule has 0 rings (SSSR count). The standard InChI is InChI=1S/C11H25O4P.Na.H/c1-2-3-4-5-6-7-8-9-10-11-15-16(12,13)14;;/h2-11H2,1H3,(H2,12,13,14);;. The van der Waals surface area contributed by atoms with Gasteiger partial charge < -0.3 is 9.79 Å². The van der Waals surface area contributed by atoms with Crippen LogP contribution in [0, 0.1) is 0 Å². The van der Waals surface area contributed by atoms with Crippen LogP contribution in [-0.2, 0) is 9.09 Å². The third kappa shape index (κ3) is 19.6. The molecule has 6 heteroatoms. The zero-order chi connectivity index (χ0) is 12.3. The van der Waals surface area contributed by atoms with Gasteiger partial charge in [-0.3, -0.25) is 4.52 Å². The number of phosphoric ester groups is 1. The van der Waals surface area contributed by atoms with E-state index in [1.54, 1.807) is 0 Å². The predicted octanol–water partition coefficient (Wildman–Crippen LogP) is 2.98. The number of rotatable bonds is 11. The van der Waals surface area contributed by atoms with E-state index in [1.807, 2.05) is 0 Å². The molecular formula is C11H26NaO4P. The van der Waals surface area contributed by atoms with Crippen LogP contribution < -0.4 is 0 Å². The van der Waals surface area contributed by atoms with Gasteiger partial charge in [0.1, 0.15) is 0 Å². The van der Waals surface area contributed by atoms with Crippen LogP contribution in [0.3, 0.4) is 0 Å². The zero-order valence-electron chi connectivity index (χ0n) is 10.2. The van der Waals surface area contributed by atoms with Crippen molar-refractivity contribution in [2.24, 2.45) is 0 Å². The Bertz CT molecular complexity index is 196. The third-order valence-electron chi connectivity index (χ3n) is 2.51. The van der Waals surface area contributed by atoms with Crippen LogP contribution in [0.5, 0.6) is 0 Å². The van der Waals surface area contributed by atoms with E-state index in [0.29, 0.717) is 0 Å². The van der Waals surface area contributed by atoms with E-state index in [9.17, 15) is 4.57 Å². The Kier molecular flexibility index (Phi) is 16.3. The maximum atomic E-state index is 10.3. The molecule has 0 amide bonds. The van der Waals surface area contributed by atoms with E-state index in [1.165, 1.54) is 38.5 Å². The Morgan fingerprint density at radius 1 is 0.882 bits per heavy atom. The molecule has 0 aliphatic carbocycles. The minimum absolute atomic E-state index is 0. The predicted molar refractivity (Wildman–Crippen MR) is 72.4 cm³/mol. The molecule has 0 aliphatic rings. The first-order valence-electron chi connectivity index (χ1n) is 6.26. The first-order valence-corrected chi connectivity index (χ1v) is 7.79. The molecular weight excluding hydrogens is 250 g/mol. The van der Waals surface area contributed by atoms with Crippen LogP contribution in [0.4, 0.5) is 0 Å². The second-order valence-corrected chi connectivity index (χ2v) is 5.39.